The molecule has 0 bridgehead atoms. The van der Waals surface area contributed by atoms with Gasteiger partial charge in [-0.25, -0.2) is 0 Å². The average molecular weight is 423 g/mol. The Bertz CT molecular complexity index is 669. The molecule has 0 fully saturated rings. The molecule has 0 atom stereocenters. The first-order valence-electron chi connectivity index (χ1n) is 5.36. The molecule has 0 aliphatic carbocycles. The topological polar surface area (TPSA) is 17.1 Å². The number of hydrogen-bond acceptors (Lipinski definition) is 1. The first-order valence-corrected chi connectivity index (χ1v) is 7.70. The van der Waals surface area contributed by atoms with Gasteiger partial charge in [0.1, 0.15) is 0 Å². The largest absolute Gasteiger partial charge is 0.289 e. The molecule has 0 unspecified atom stereocenters. The van der Waals surface area contributed by atoms with Crippen LogP contribution in [0, 0.1) is 6.92 Å². The van der Waals surface area contributed by atoms with Gasteiger partial charge in [0.25, 0.3) is 0 Å². The SMILES string of the molecule is Cc1cc(Br)c(C(=O)c2cccc(Cl)c2Cl)cc1Br. The van der Waals surface area contributed by atoms with E-state index in [2.05, 4.69) is 31.9 Å². The van der Waals surface area contributed by atoms with Gasteiger partial charge in [0.05, 0.1) is 10.0 Å². The number of carbonyl (C=O) groups excluding carboxylic acids is 1. The molecule has 0 spiro atoms. The van der Waals surface area contributed by atoms with E-state index in [1.165, 1.54) is 0 Å². The van der Waals surface area contributed by atoms with E-state index < -0.39 is 0 Å². The highest BCUT2D eigenvalue weighted by atomic mass is 79.9. The van der Waals surface area contributed by atoms with E-state index in [4.69, 9.17) is 23.2 Å². The van der Waals surface area contributed by atoms with E-state index in [0.29, 0.717) is 16.1 Å². The maximum Gasteiger partial charge on any atom is 0.195 e. The summed E-state index contributed by atoms with van der Waals surface area (Å²) in [6.45, 7) is 1.95. The minimum absolute atomic E-state index is 0.167. The number of rotatable bonds is 2. The van der Waals surface area contributed by atoms with Gasteiger partial charge in [-0.2, -0.15) is 0 Å². The molecule has 2 aromatic rings. The van der Waals surface area contributed by atoms with Crippen LogP contribution >= 0.6 is 55.1 Å². The van der Waals surface area contributed by atoms with E-state index in [0.717, 1.165) is 14.5 Å². The maximum absolute atomic E-state index is 12.5. The van der Waals surface area contributed by atoms with Crippen molar-refractivity contribution in [2.75, 3.05) is 0 Å². The predicted molar refractivity (Wildman–Crippen MR) is 86.5 cm³/mol. The Kier molecular flexibility index (Phi) is 4.72. The Morgan fingerprint density at radius 3 is 2.42 bits per heavy atom. The van der Waals surface area contributed by atoms with Crippen LogP contribution in [0.3, 0.4) is 0 Å². The second kappa shape index (κ2) is 5.96. The van der Waals surface area contributed by atoms with Crippen LogP contribution in [0.1, 0.15) is 21.5 Å². The van der Waals surface area contributed by atoms with E-state index in [1.807, 2.05) is 13.0 Å². The van der Waals surface area contributed by atoms with Crippen LogP contribution in [-0.2, 0) is 0 Å². The quantitative estimate of drug-likeness (QED) is 0.538. The first kappa shape index (κ1) is 15.0. The van der Waals surface area contributed by atoms with Gasteiger partial charge >= 0.3 is 0 Å². The lowest BCUT2D eigenvalue weighted by Crippen LogP contribution is -2.04. The number of carbonyl (C=O) groups is 1. The fourth-order valence-electron chi connectivity index (χ4n) is 1.64. The van der Waals surface area contributed by atoms with Gasteiger partial charge in [-0.1, -0.05) is 61.1 Å². The van der Waals surface area contributed by atoms with Crippen LogP contribution in [0.4, 0.5) is 0 Å². The van der Waals surface area contributed by atoms with Crippen molar-refractivity contribution in [2.45, 2.75) is 6.92 Å². The van der Waals surface area contributed by atoms with Crippen LogP contribution in [0.2, 0.25) is 10.0 Å². The zero-order chi connectivity index (χ0) is 14.2. The van der Waals surface area contributed by atoms with Gasteiger partial charge in [-0.15, -0.1) is 0 Å². The van der Waals surface area contributed by atoms with Crippen molar-refractivity contribution < 1.29 is 4.79 Å². The van der Waals surface area contributed by atoms with Gasteiger partial charge in [0.2, 0.25) is 0 Å². The van der Waals surface area contributed by atoms with Crippen LogP contribution in [0.25, 0.3) is 0 Å². The van der Waals surface area contributed by atoms with E-state index in [1.54, 1.807) is 24.3 Å². The Balaban J connectivity index is 2.56. The van der Waals surface area contributed by atoms with E-state index in [-0.39, 0.29) is 10.8 Å². The number of aryl methyl sites for hydroxylation is 1. The number of halogens is 4. The Hall–Kier alpha value is -0.350. The summed E-state index contributed by atoms with van der Waals surface area (Å²) in [5, 5.41) is 0.646. The normalized spacial score (nSPS) is 10.6. The number of benzene rings is 2. The molecule has 2 aromatic carbocycles. The fraction of sp³-hybridized carbons (Fsp3) is 0.0714. The zero-order valence-electron chi connectivity index (χ0n) is 9.81. The van der Waals surface area contributed by atoms with Crippen molar-refractivity contribution in [3.8, 4) is 0 Å². The standard InChI is InChI=1S/C14H8Br2Cl2O/c1-7-5-11(16)9(6-10(7)15)14(19)8-3-2-4-12(17)13(8)18/h2-6H,1H3. The van der Waals surface area contributed by atoms with Crippen molar-refractivity contribution in [3.05, 3.63) is 66.0 Å². The average Bonchev–Trinajstić information content (AvgIpc) is 2.36. The van der Waals surface area contributed by atoms with Crippen molar-refractivity contribution >= 4 is 60.8 Å². The Labute approximate surface area is 138 Å². The molecule has 0 saturated carbocycles. The molecule has 5 heteroatoms. The van der Waals surface area contributed by atoms with Crippen molar-refractivity contribution in [2.24, 2.45) is 0 Å². The lowest BCUT2D eigenvalue weighted by Gasteiger charge is -2.09. The summed E-state index contributed by atoms with van der Waals surface area (Å²) in [7, 11) is 0. The molecule has 98 valence electrons. The minimum Gasteiger partial charge on any atom is -0.289 e. The van der Waals surface area contributed by atoms with E-state index >= 15 is 0 Å². The van der Waals surface area contributed by atoms with Crippen LogP contribution in [0.15, 0.2) is 39.3 Å². The van der Waals surface area contributed by atoms with Crippen LogP contribution < -0.4 is 0 Å². The first-order chi connectivity index (χ1) is 8.91. The summed E-state index contributed by atoms with van der Waals surface area (Å²) in [6.07, 6.45) is 0. The summed E-state index contributed by atoms with van der Waals surface area (Å²) < 4.78 is 1.60. The summed E-state index contributed by atoms with van der Waals surface area (Å²) in [5.74, 6) is -0.167. The van der Waals surface area contributed by atoms with Gasteiger partial charge < -0.3 is 0 Å². The van der Waals surface area contributed by atoms with E-state index in [9.17, 15) is 4.79 Å². The molecule has 19 heavy (non-hydrogen) atoms. The number of hydrogen-bond donors (Lipinski definition) is 0. The van der Waals surface area contributed by atoms with Crippen molar-refractivity contribution in [1.29, 1.82) is 0 Å². The van der Waals surface area contributed by atoms with Gasteiger partial charge in [-0.05, 0) is 36.8 Å². The molecule has 0 N–H and O–H groups in total. The lowest BCUT2D eigenvalue weighted by atomic mass is 10.0. The predicted octanol–water partition coefficient (Wildman–Crippen LogP) is 6.06. The highest BCUT2D eigenvalue weighted by Gasteiger charge is 2.18. The molecule has 0 aliphatic rings. The third-order valence-electron chi connectivity index (χ3n) is 2.69. The van der Waals surface area contributed by atoms with Crippen LogP contribution in [0.5, 0.6) is 0 Å². The van der Waals surface area contributed by atoms with Gasteiger partial charge in [0, 0.05) is 20.1 Å². The smallest absolute Gasteiger partial charge is 0.195 e. The fourth-order valence-corrected chi connectivity index (χ4v) is 3.01. The third kappa shape index (κ3) is 3.05. The highest BCUT2D eigenvalue weighted by Crippen LogP contribution is 2.31. The molecule has 1 nitrogen and oxygen atoms in total. The second-order valence-corrected chi connectivity index (χ2v) is 6.51. The molecule has 0 aromatic heterocycles. The summed E-state index contributed by atoms with van der Waals surface area (Å²) in [5.41, 5.74) is 1.98. The lowest BCUT2D eigenvalue weighted by molar-refractivity contribution is 0.103. The highest BCUT2D eigenvalue weighted by molar-refractivity contribution is 9.11. The third-order valence-corrected chi connectivity index (χ3v) is 5.02. The van der Waals surface area contributed by atoms with Crippen molar-refractivity contribution in [3.63, 3.8) is 0 Å². The molecular weight excluding hydrogens is 415 g/mol. The summed E-state index contributed by atoms with van der Waals surface area (Å²) >= 11 is 18.8. The molecule has 0 saturated heterocycles. The molecule has 2 rings (SSSR count). The summed E-state index contributed by atoms with van der Waals surface area (Å²) in [6, 6.07) is 8.69. The maximum atomic E-state index is 12.5. The summed E-state index contributed by atoms with van der Waals surface area (Å²) in [4.78, 5) is 12.5. The van der Waals surface area contributed by atoms with Crippen LogP contribution in [-0.4, -0.2) is 5.78 Å². The molecule has 0 heterocycles. The minimum atomic E-state index is -0.167. The van der Waals surface area contributed by atoms with Gasteiger partial charge in [0.15, 0.2) is 5.78 Å². The Morgan fingerprint density at radius 1 is 1.05 bits per heavy atom. The molecule has 0 amide bonds. The molecule has 0 radical (unpaired) electrons. The molecule has 0 aliphatic heterocycles. The van der Waals surface area contributed by atoms with Gasteiger partial charge in [-0.3, -0.25) is 4.79 Å². The molecular formula is C14H8Br2Cl2O. The zero-order valence-corrected chi connectivity index (χ0v) is 14.5. The number of ketones is 1. The Morgan fingerprint density at radius 2 is 1.74 bits per heavy atom. The van der Waals surface area contributed by atoms with Crippen molar-refractivity contribution in [1.82, 2.24) is 0 Å². The monoisotopic (exact) mass is 420 g/mol. The second-order valence-electron chi connectivity index (χ2n) is 4.01.